The third kappa shape index (κ3) is 5.50. The minimum Gasteiger partial charge on any atom is -0.508 e. The minimum atomic E-state index is -4.29. The molecule has 35 heavy (non-hydrogen) atoms. The van der Waals surface area contributed by atoms with Crippen molar-refractivity contribution >= 4 is 21.6 Å². The Morgan fingerprint density at radius 2 is 1.66 bits per heavy atom. The molecule has 1 amide bonds. The molecule has 0 aliphatic carbocycles. The van der Waals surface area contributed by atoms with Crippen molar-refractivity contribution in [2.75, 3.05) is 13.1 Å². The number of rotatable bonds is 8. The summed E-state index contributed by atoms with van der Waals surface area (Å²) in [5.41, 5.74) is 1.25. The predicted molar refractivity (Wildman–Crippen MR) is 129 cm³/mol. The van der Waals surface area contributed by atoms with Crippen LogP contribution < -0.4 is 0 Å². The summed E-state index contributed by atoms with van der Waals surface area (Å²) in [5, 5.41) is 21.3. The van der Waals surface area contributed by atoms with E-state index < -0.39 is 44.0 Å². The van der Waals surface area contributed by atoms with E-state index in [9.17, 15) is 28.4 Å². The van der Waals surface area contributed by atoms with Crippen LogP contribution in [0.25, 0.3) is 0 Å². The van der Waals surface area contributed by atoms with Crippen molar-refractivity contribution in [2.24, 2.45) is 0 Å². The van der Waals surface area contributed by atoms with Crippen molar-refractivity contribution in [1.29, 1.82) is 0 Å². The number of carbonyl (C=O) groups excluding carboxylic acids is 1. The van der Waals surface area contributed by atoms with Gasteiger partial charge in [0.15, 0.2) is 4.90 Å². The van der Waals surface area contributed by atoms with Crippen LogP contribution in [-0.4, -0.2) is 52.7 Å². The lowest BCUT2D eigenvalue weighted by Gasteiger charge is -2.40. The number of carbonyl (C=O) groups is 1. The average Bonchev–Trinajstić information content (AvgIpc) is 2.85. The van der Waals surface area contributed by atoms with Crippen molar-refractivity contribution in [3.8, 4) is 5.75 Å². The number of phenolic OH excluding ortho intramolecular Hbond substituents is 1. The molecular weight excluding hydrogens is 470 g/mol. The standard InChI is InChI=1S/C25H25N3O6S/c29-22-10-6-9-20(15-22)16-27-21(14-13-19-7-2-1-3-8-19)17-26(18-25(27)30)35(33,34)24-12-5-4-11-23(24)28(31)32/h1-12,15,21,29H,13-14,16-18H2/t21-/m0/s1. The Kier molecular flexibility index (Phi) is 7.13. The molecule has 1 N–H and O–H groups in total. The summed E-state index contributed by atoms with van der Waals surface area (Å²) in [6.45, 7) is -0.202. The van der Waals surface area contributed by atoms with E-state index in [0.717, 1.165) is 21.5 Å². The van der Waals surface area contributed by atoms with E-state index in [4.69, 9.17) is 0 Å². The second-order valence-electron chi connectivity index (χ2n) is 8.39. The Bertz CT molecular complexity index is 1330. The Morgan fingerprint density at radius 1 is 0.971 bits per heavy atom. The molecular formula is C25H25N3O6S. The highest BCUT2D eigenvalue weighted by Crippen LogP contribution is 2.29. The van der Waals surface area contributed by atoms with Gasteiger partial charge in [0.05, 0.1) is 11.5 Å². The molecule has 1 aliphatic heterocycles. The molecule has 0 saturated carbocycles. The number of amides is 1. The predicted octanol–water partition coefficient (Wildman–Crippen LogP) is 3.33. The van der Waals surface area contributed by atoms with E-state index in [1.165, 1.54) is 24.3 Å². The highest BCUT2D eigenvalue weighted by atomic mass is 32.2. The van der Waals surface area contributed by atoms with Gasteiger partial charge in [-0.3, -0.25) is 14.9 Å². The lowest BCUT2D eigenvalue weighted by atomic mass is 10.0. The van der Waals surface area contributed by atoms with E-state index in [0.29, 0.717) is 12.8 Å². The largest absolute Gasteiger partial charge is 0.508 e. The number of nitro benzene ring substituents is 1. The fourth-order valence-corrected chi connectivity index (χ4v) is 5.87. The van der Waals surface area contributed by atoms with E-state index >= 15 is 0 Å². The van der Waals surface area contributed by atoms with Gasteiger partial charge in [-0.25, -0.2) is 8.42 Å². The molecule has 1 heterocycles. The molecule has 0 spiro atoms. The fraction of sp³-hybridized carbons (Fsp3) is 0.240. The van der Waals surface area contributed by atoms with Crippen LogP contribution >= 0.6 is 0 Å². The van der Waals surface area contributed by atoms with Gasteiger partial charge in [0.1, 0.15) is 5.75 Å². The summed E-state index contributed by atoms with van der Waals surface area (Å²) < 4.78 is 27.8. The molecule has 0 radical (unpaired) electrons. The van der Waals surface area contributed by atoms with Crippen LogP contribution in [0.3, 0.4) is 0 Å². The topological polar surface area (TPSA) is 121 Å². The van der Waals surface area contributed by atoms with Gasteiger partial charge in [-0.1, -0.05) is 54.6 Å². The highest BCUT2D eigenvalue weighted by molar-refractivity contribution is 7.89. The normalized spacial score (nSPS) is 16.9. The smallest absolute Gasteiger partial charge is 0.289 e. The molecule has 1 fully saturated rings. The first-order valence-electron chi connectivity index (χ1n) is 11.1. The van der Waals surface area contributed by atoms with E-state index in [2.05, 4.69) is 0 Å². The number of nitrogens with zero attached hydrogens (tertiary/aromatic N) is 3. The van der Waals surface area contributed by atoms with Crippen molar-refractivity contribution < 1.29 is 23.2 Å². The second-order valence-corrected chi connectivity index (χ2v) is 10.3. The lowest BCUT2D eigenvalue weighted by molar-refractivity contribution is -0.387. The maximum atomic E-state index is 13.4. The Morgan fingerprint density at radius 3 is 2.37 bits per heavy atom. The molecule has 10 heteroatoms. The molecule has 0 unspecified atom stereocenters. The monoisotopic (exact) mass is 495 g/mol. The minimum absolute atomic E-state index is 0.00573. The van der Waals surface area contributed by atoms with E-state index in [1.54, 1.807) is 23.1 Å². The molecule has 3 aromatic rings. The molecule has 1 saturated heterocycles. The highest BCUT2D eigenvalue weighted by Gasteiger charge is 2.40. The number of nitro groups is 1. The number of piperazine rings is 1. The first kappa shape index (κ1) is 24.4. The van der Waals surface area contributed by atoms with Gasteiger partial charge in [-0.05, 0) is 42.2 Å². The van der Waals surface area contributed by atoms with Crippen LogP contribution in [0.15, 0.2) is 83.8 Å². The van der Waals surface area contributed by atoms with Crippen molar-refractivity contribution in [3.63, 3.8) is 0 Å². The first-order chi connectivity index (χ1) is 16.8. The number of benzene rings is 3. The number of aromatic hydroxyl groups is 1. The van der Waals surface area contributed by atoms with Crippen LogP contribution in [-0.2, 0) is 27.8 Å². The van der Waals surface area contributed by atoms with Crippen molar-refractivity contribution in [3.05, 3.63) is 100 Å². The number of phenols is 1. The molecule has 9 nitrogen and oxygen atoms in total. The molecule has 1 aliphatic rings. The van der Waals surface area contributed by atoms with Crippen LogP contribution in [0.2, 0.25) is 0 Å². The van der Waals surface area contributed by atoms with Gasteiger partial charge in [0.25, 0.3) is 5.69 Å². The zero-order valence-corrected chi connectivity index (χ0v) is 19.7. The summed E-state index contributed by atoms with van der Waals surface area (Å²) >= 11 is 0. The zero-order valence-electron chi connectivity index (χ0n) is 18.9. The number of sulfonamides is 1. The molecule has 0 aromatic heterocycles. The molecule has 1 atom stereocenters. The first-order valence-corrected chi connectivity index (χ1v) is 12.5. The molecule has 182 valence electrons. The molecule has 0 bridgehead atoms. The summed E-state index contributed by atoms with van der Waals surface area (Å²) in [7, 11) is -4.29. The third-order valence-corrected chi connectivity index (χ3v) is 7.90. The Balaban J connectivity index is 1.64. The third-order valence-electron chi connectivity index (χ3n) is 6.04. The van der Waals surface area contributed by atoms with Crippen LogP contribution in [0, 0.1) is 10.1 Å². The van der Waals surface area contributed by atoms with Gasteiger partial charge in [0, 0.05) is 25.2 Å². The SMILES string of the molecule is O=C1CN(S(=O)(=O)c2ccccc2[N+](=O)[O-])C[C@H](CCc2ccccc2)N1Cc1cccc(O)c1. The van der Waals surface area contributed by atoms with E-state index in [-0.39, 0.29) is 18.8 Å². The number of aryl methyl sites for hydroxylation is 1. The van der Waals surface area contributed by atoms with Crippen LogP contribution in [0.4, 0.5) is 5.69 Å². The van der Waals surface area contributed by atoms with E-state index in [1.807, 2.05) is 30.3 Å². The zero-order chi connectivity index (χ0) is 25.0. The Labute approximate surface area is 203 Å². The van der Waals surface area contributed by atoms with Crippen molar-refractivity contribution in [1.82, 2.24) is 9.21 Å². The fourth-order valence-electron chi connectivity index (χ4n) is 4.29. The molecule has 4 rings (SSSR count). The average molecular weight is 496 g/mol. The summed E-state index contributed by atoms with van der Waals surface area (Å²) in [4.78, 5) is 25.1. The summed E-state index contributed by atoms with van der Waals surface area (Å²) in [5.74, 6) is -0.326. The molecule has 3 aromatic carbocycles. The second kappa shape index (κ2) is 10.2. The summed E-state index contributed by atoms with van der Waals surface area (Å²) in [6.07, 6.45) is 1.12. The number of hydrogen-bond acceptors (Lipinski definition) is 6. The van der Waals surface area contributed by atoms with Crippen LogP contribution in [0.1, 0.15) is 17.5 Å². The summed E-state index contributed by atoms with van der Waals surface area (Å²) in [6, 6.07) is 20.9. The quantitative estimate of drug-likeness (QED) is 0.378. The Hall–Kier alpha value is -3.76. The van der Waals surface area contributed by atoms with Crippen molar-refractivity contribution in [2.45, 2.75) is 30.3 Å². The van der Waals surface area contributed by atoms with Crippen LogP contribution in [0.5, 0.6) is 5.75 Å². The number of hydrogen-bond donors (Lipinski definition) is 1. The van der Waals surface area contributed by atoms with Gasteiger partial charge in [-0.2, -0.15) is 4.31 Å². The van der Waals surface area contributed by atoms with Gasteiger partial charge < -0.3 is 10.0 Å². The van der Waals surface area contributed by atoms with Gasteiger partial charge in [-0.15, -0.1) is 0 Å². The van der Waals surface area contributed by atoms with Gasteiger partial charge in [0.2, 0.25) is 15.9 Å². The lowest BCUT2D eigenvalue weighted by Crippen LogP contribution is -2.57. The maximum absolute atomic E-state index is 13.4. The maximum Gasteiger partial charge on any atom is 0.289 e. The van der Waals surface area contributed by atoms with Gasteiger partial charge >= 0.3 is 0 Å². The number of para-hydroxylation sites is 1.